The Labute approximate surface area is 182 Å². The summed E-state index contributed by atoms with van der Waals surface area (Å²) in [5.41, 5.74) is -0.0564. The van der Waals surface area contributed by atoms with Crippen LogP contribution in [0, 0.1) is 5.82 Å². The number of amides is 1. The number of nitrogens with zero attached hydrogens (tertiary/aromatic N) is 3. The molecule has 0 bridgehead atoms. The van der Waals surface area contributed by atoms with E-state index in [1.54, 1.807) is 12.1 Å². The lowest BCUT2D eigenvalue weighted by Crippen LogP contribution is -2.46. The molecule has 30 heavy (non-hydrogen) atoms. The molecule has 0 radical (unpaired) electrons. The highest BCUT2D eigenvalue weighted by Crippen LogP contribution is 2.43. The summed E-state index contributed by atoms with van der Waals surface area (Å²) in [4.78, 5) is 34.3. The van der Waals surface area contributed by atoms with Crippen LogP contribution in [0.4, 0.5) is 21.7 Å². The maximum absolute atomic E-state index is 14.0. The molecule has 8 nitrogen and oxygen atoms in total. The van der Waals surface area contributed by atoms with E-state index < -0.39 is 22.9 Å². The minimum absolute atomic E-state index is 0.0508. The van der Waals surface area contributed by atoms with Gasteiger partial charge in [-0.25, -0.2) is 14.4 Å². The molecular weight excluding hydrogens is 479 g/mol. The number of aromatic nitrogens is 3. The average Bonchev–Trinajstić information content (AvgIpc) is 3.24. The number of hydrogen-bond donors (Lipinski definition) is 3. The first-order valence-corrected chi connectivity index (χ1v) is 10.1. The summed E-state index contributed by atoms with van der Waals surface area (Å²) in [6, 6.07) is 7.37. The van der Waals surface area contributed by atoms with Crippen molar-refractivity contribution in [1.82, 2.24) is 19.9 Å². The maximum Gasteiger partial charge on any atom is 0.277 e. The van der Waals surface area contributed by atoms with Crippen LogP contribution < -0.4 is 20.5 Å². The Bertz CT molecular complexity index is 1280. The molecule has 1 aliphatic heterocycles. The lowest BCUT2D eigenvalue weighted by Gasteiger charge is -2.28. The third kappa shape index (κ3) is 2.71. The number of rotatable bonds is 3. The number of fused-ring (bicyclic) bond motifs is 4. The van der Waals surface area contributed by atoms with E-state index in [-0.39, 0.29) is 16.4 Å². The fourth-order valence-corrected chi connectivity index (χ4v) is 4.63. The van der Waals surface area contributed by atoms with Crippen molar-refractivity contribution in [2.45, 2.75) is 18.5 Å². The first kappa shape index (κ1) is 19.0. The van der Waals surface area contributed by atoms with Crippen molar-refractivity contribution in [3.8, 4) is 0 Å². The third-order valence-electron chi connectivity index (χ3n) is 5.37. The van der Waals surface area contributed by atoms with E-state index in [2.05, 4.69) is 41.1 Å². The van der Waals surface area contributed by atoms with Crippen molar-refractivity contribution in [3.05, 3.63) is 74.7 Å². The summed E-state index contributed by atoms with van der Waals surface area (Å²) in [7, 11) is 0. The molecule has 1 atom stereocenters. The molecule has 1 aliphatic carbocycles. The smallest absolute Gasteiger partial charge is 0.277 e. The summed E-state index contributed by atoms with van der Waals surface area (Å²) >= 11 is 9.48. The van der Waals surface area contributed by atoms with Crippen molar-refractivity contribution in [2.24, 2.45) is 0 Å². The summed E-state index contributed by atoms with van der Waals surface area (Å²) in [6.45, 7) is 0. The lowest BCUT2D eigenvalue weighted by atomic mass is 10.0. The van der Waals surface area contributed by atoms with Crippen molar-refractivity contribution in [3.63, 3.8) is 0 Å². The minimum atomic E-state index is -1.18. The van der Waals surface area contributed by atoms with Gasteiger partial charge in [-0.3, -0.25) is 14.2 Å². The zero-order chi connectivity index (χ0) is 21.0. The Morgan fingerprint density at radius 1 is 1.20 bits per heavy atom. The van der Waals surface area contributed by atoms with Crippen molar-refractivity contribution in [2.75, 3.05) is 9.66 Å². The lowest BCUT2D eigenvalue weighted by molar-refractivity contribution is 0.0935. The van der Waals surface area contributed by atoms with Gasteiger partial charge in [-0.15, -0.1) is 0 Å². The first-order valence-electron chi connectivity index (χ1n) is 8.96. The number of carbonyl (C=O) groups is 1. The number of aryl methyl sites for hydroxylation is 1. The van der Waals surface area contributed by atoms with Gasteiger partial charge < -0.3 is 15.0 Å². The van der Waals surface area contributed by atoms with Crippen LogP contribution in [0.25, 0.3) is 0 Å². The molecule has 0 saturated heterocycles. The number of nitrogens with one attached hydrogen (secondary N) is 3. The molecule has 3 heterocycles. The van der Waals surface area contributed by atoms with Crippen LogP contribution in [0.2, 0.25) is 5.02 Å². The van der Waals surface area contributed by atoms with E-state index in [0.29, 0.717) is 30.0 Å². The molecule has 1 amide bonds. The Morgan fingerprint density at radius 3 is 2.80 bits per heavy atom. The van der Waals surface area contributed by atoms with E-state index in [4.69, 9.17) is 11.6 Å². The van der Waals surface area contributed by atoms with Crippen LogP contribution in [0.3, 0.4) is 0 Å². The minimum Gasteiger partial charge on any atom is -0.336 e. The largest absolute Gasteiger partial charge is 0.336 e. The predicted octanol–water partition coefficient (Wildman–Crippen LogP) is 3.29. The van der Waals surface area contributed by atoms with Gasteiger partial charge >= 0.3 is 0 Å². The molecule has 11 heteroatoms. The maximum atomic E-state index is 14.0. The summed E-state index contributed by atoms with van der Waals surface area (Å²) in [5, 5.41) is 5.90. The number of anilines is 3. The zero-order valence-electron chi connectivity index (χ0n) is 15.2. The Morgan fingerprint density at radius 2 is 2.00 bits per heavy atom. The van der Waals surface area contributed by atoms with E-state index in [1.165, 1.54) is 29.1 Å². The highest BCUT2D eigenvalue weighted by atomic mass is 79.9. The zero-order valence-corrected chi connectivity index (χ0v) is 17.5. The van der Waals surface area contributed by atoms with Gasteiger partial charge in [-0.1, -0.05) is 17.7 Å². The van der Waals surface area contributed by atoms with Crippen molar-refractivity contribution >= 4 is 51.0 Å². The molecule has 1 spiro atoms. The van der Waals surface area contributed by atoms with Crippen LogP contribution in [0.15, 0.2) is 41.5 Å². The molecule has 152 valence electrons. The number of benzene rings is 1. The van der Waals surface area contributed by atoms with Gasteiger partial charge in [0.15, 0.2) is 0 Å². The van der Waals surface area contributed by atoms with Crippen LogP contribution in [0.5, 0.6) is 0 Å². The standard InChI is InChI=1S/C19H13BrClFN6O2/c20-27-15-7-14(23-8-24-15)25-13-6-12(21)16-17(29)26-19(28(16)18(13)30)4-3-9-1-2-10(22)5-11(9)19/h1-2,5-8H,3-4H2,(H,26,29)(H2,23,24,25,27). The fraction of sp³-hybridized carbons (Fsp3) is 0.158. The van der Waals surface area contributed by atoms with Crippen molar-refractivity contribution < 1.29 is 9.18 Å². The number of halogens is 3. The molecule has 5 rings (SSSR count). The van der Waals surface area contributed by atoms with Gasteiger partial charge in [0.25, 0.3) is 11.5 Å². The molecule has 0 fully saturated rings. The van der Waals surface area contributed by atoms with E-state index in [0.717, 1.165) is 5.56 Å². The van der Waals surface area contributed by atoms with Gasteiger partial charge in [0.2, 0.25) is 0 Å². The molecule has 2 aliphatic rings. The highest BCUT2D eigenvalue weighted by molar-refractivity contribution is 9.10. The quantitative estimate of drug-likeness (QED) is 0.486. The van der Waals surface area contributed by atoms with Crippen LogP contribution in [-0.4, -0.2) is 20.4 Å². The van der Waals surface area contributed by atoms with Gasteiger partial charge in [0.1, 0.15) is 40.8 Å². The monoisotopic (exact) mass is 490 g/mol. The Kier molecular flexibility index (Phi) is 4.30. The van der Waals surface area contributed by atoms with Gasteiger partial charge in [0.05, 0.1) is 5.02 Å². The fourth-order valence-electron chi connectivity index (χ4n) is 4.13. The molecule has 0 saturated carbocycles. The Hall–Kier alpha value is -2.98. The number of pyridine rings is 1. The van der Waals surface area contributed by atoms with Crippen LogP contribution in [0.1, 0.15) is 28.0 Å². The molecule has 1 unspecified atom stereocenters. The van der Waals surface area contributed by atoms with Crippen molar-refractivity contribution in [1.29, 1.82) is 0 Å². The molecule has 1 aromatic carbocycles. The van der Waals surface area contributed by atoms with Crippen LogP contribution in [-0.2, 0) is 12.1 Å². The molecule has 3 N–H and O–H groups in total. The number of carbonyl (C=O) groups excluding carboxylic acids is 1. The SMILES string of the molecule is O=C1NC2(CCc3ccc(F)cc32)n2c1c(Cl)cc(Nc1cc(NBr)ncn1)c2=O. The van der Waals surface area contributed by atoms with Gasteiger partial charge in [0, 0.05) is 27.8 Å². The average molecular weight is 492 g/mol. The number of hydrogen-bond acceptors (Lipinski definition) is 6. The summed E-state index contributed by atoms with van der Waals surface area (Å²) < 4.78 is 18.1. The summed E-state index contributed by atoms with van der Waals surface area (Å²) in [6.07, 6.45) is 2.32. The second kappa shape index (κ2) is 6.78. The first-order chi connectivity index (χ1) is 14.4. The highest BCUT2D eigenvalue weighted by Gasteiger charge is 2.50. The van der Waals surface area contributed by atoms with E-state index in [1.807, 2.05) is 0 Å². The second-order valence-corrected chi connectivity index (χ2v) is 7.82. The molecule has 3 aromatic rings. The van der Waals surface area contributed by atoms with Crippen LogP contribution >= 0.6 is 27.7 Å². The third-order valence-corrected chi connectivity index (χ3v) is 6.07. The van der Waals surface area contributed by atoms with E-state index in [9.17, 15) is 14.0 Å². The normalized spacial score (nSPS) is 18.8. The van der Waals surface area contributed by atoms with E-state index >= 15 is 0 Å². The second-order valence-electron chi connectivity index (χ2n) is 7.02. The summed E-state index contributed by atoms with van der Waals surface area (Å²) in [5.74, 6) is -0.0891. The topological polar surface area (TPSA) is 101 Å². The predicted molar refractivity (Wildman–Crippen MR) is 113 cm³/mol. The van der Waals surface area contributed by atoms with Gasteiger partial charge in [-0.2, -0.15) is 0 Å². The Balaban J connectivity index is 1.69. The molecular formula is C19H13BrClFN6O2. The van der Waals surface area contributed by atoms with Gasteiger partial charge in [-0.05, 0) is 36.6 Å². The molecule has 2 aromatic heterocycles.